The second kappa shape index (κ2) is 5.63. The van der Waals surface area contributed by atoms with E-state index in [1.54, 1.807) is 19.9 Å². The third kappa shape index (κ3) is 5.31. The van der Waals surface area contributed by atoms with Crippen LogP contribution in [0.15, 0.2) is 23.6 Å². The lowest BCUT2D eigenvalue weighted by molar-refractivity contribution is -0.138. The van der Waals surface area contributed by atoms with E-state index in [1.807, 2.05) is 17.5 Å². The molecule has 0 fully saturated rings. The van der Waals surface area contributed by atoms with Crippen molar-refractivity contribution in [3.63, 3.8) is 0 Å². The van der Waals surface area contributed by atoms with Crippen molar-refractivity contribution >= 4 is 29.3 Å². The van der Waals surface area contributed by atoms with Crippen LogP contribution in [0, 0.1) is 0 Å². The van der Waals surface area contributed by atoms with E-state index in [0.717, 1.165) is 4.88 Å². The molecule has 0 unspecified atom stereocenters. The smallest absolute Gasteiger partial charge is 0.305 e. The Balaban J connectivity index is 2.52. The van der Waals surface area contributed by atoms with Crippen molar-refractivity contribution in [1.29, 1.82) is 0 Å². The van der Waals surface area contributed by atoms with Crippen LogP contribution in [0.1, 0.15) is 25.1 Å². The van der Waals surface area contributed by atoms with Crippen molar-refractivity contribution in [3.8, 4) is 0 Å². The number of hydrogen-bond acceptors (Lipinski definition) is 3. The number of carbonyl (C=O) groups excluding carboxylic acids is 1. The first-order valence-electron chi connectivity index (χ1n) is 5.14. The number of amides is 1. The van der Waals surface area contributed by atoms with Crippen LogP contribution in [-0.4, -0.2) is 22.5 Å². The second-order valence-corrected chi connectivity index (χ2v) is 5.27. The first-order valence-corrected chi connectivity index (χ1v) is 6.02. The Hall–Kier alpha value is -1.62. The fraction of sp³-hybridized carbons (Fsp3) is 0.333. The maximum absolute atomic E-state index is 11.5. The summed E-state index contributed by atoms with van der Waals surface area (Å²) in [6.07, 6.45) is 3.01. The summed E-state index contributed by atoms with van der Waals surface area (Å²) in [6.45, 7) is 3.36. The number of carboxylic acid groups (broad SMARTS) is 1. The molecule has 1 aromatic heterocycles. The van der Waals surface area contributed by atoms with Crippen LogP contribution in [0.5, 0.6) is 0 Å². The molecule has 1 rings (SSSR count). The van der Waals surface area contributed by atoms with Crippen molar-refractivity contribution in [3.05, 3.63) is 28.5 Å². The highest BCUT2D eigenvalue weighted by Crippen LogP contribution is 2.11. The van der Waals surface area contributed by atoms with Gasteiger partial charge in [-0.15, -0.1) is 11.3 Å². The maximum Gasteiger partial charge on any atom is 0.305 e. The third-order valence-corrected chi connectivity index (χ3v) is 2.83. The van der Waals surface area contributed by atoms with E-state index >= 15 is 0 Å². The van der Waals surface area contributed by atoms with Gasteiger partial charge in [0.2, 0.25) is 5.91 Å². The lowest BCUT2D eigenvalue weighted by atomic mass is 10.0. The monoisotopic (exact) mass is 253 g/mol. The molecule has 17 heavy (non-hydrogen) atoms. The fourth-order valence-corrected chi connectivity index (χ4v) is 1.96. The quantitative estimate of drug-likeness (QED) is 0.790. The molecule has 0 spiro atoms. The number of carbonyl (C=O) groups is 2. The predicted octanol–water partition coefficient (Wildman–Crippen LogP) is 2.13. The second-order valence-electron chi connectivity index (χ2n) is 4.29. The molecular weight excluding hydrogens is 238 g/mol. The minimum atomic E-state index is -0.933. The summed E-state index contributed by atoms with van der Waals surface area (Å²) in [7, 11) is 0. The van der Waals surface area contributed by atoms with E-state index in [1.165, 1.54) is 17.4 Å². The zero-order valence-corrected chi connectivity index (χ0v) is 10.6. The van der Waals surface area contributed by atoms with E-state index < -0.39 is 11.5 Å². The van der Waals surface area contributed by atoms with Gasteiger partial charge >= 0.3 is 5.97 Å². The number of hydrogen-bond donors (Lipinski definition) is 2. The summed E-state index contributed by atoms with van der Waals surface area (Å²) in [5.41, 5.74) is -0.747. The molecule has 0 aliphatic carbocycles. The van der Waals surface area contributed by atoms with Crippen LogP contribution in [0.4, 0.5) is 0 Å². The van der Waals surface area contributed by atoms with Crippen molar-refractivity contribution < 1.29 is 14.7 Å². The number of aliphatic carboxylic acids is 1. The number of thiophene rings is 1. The first kappa shape index (κ1) is 13.4. The molecule has 0 saturated carbocycles. The molecule has 1 amide bonds. The van der Waals surface area contributed by atoms with Crippen molar-refractivity contribution in [2.75, 3.05) is 0 Å². The normalized spacial score (nSPS) is 11.6. The van der Waals surface area contributed by atoms with E-state index in [0.29, 0.717) is 0 Å². The van der Waals surface area contributed by atoms with Crippen LogP contribution in [0.3, 0.4) is 0 Å². The fourth-order valence-electron chi connectivity index (χ4n) is 1.34. The summed E-state index contributed by atoms with van der Waals surface area (Å²) >= 11 is 1.53. The zero-order chi connectivity index (χ0) is 12.9. The summed E-state index contributed by atoms with van der Waals surface area (Å²) < 4.78 is 0. The van der Waals surface area contributed by atoms with Gasteiger partial charge in [-0.05, 0) is 31.4 Å². The van der Waals surface area contributed by atoms with Gasteiger partial charge < -0.3 is 10.4 Å². The highest BCUT2D eigenvalue weighted by molar-refractivity contribution is 7.10. The summed E-state index contributed by atoms with van der Waals surface area (Å²) in [6, 6.07) is 3.80. The van der Waals surface area contributed by atoms with Gasteiger partial charge in [0, 0.05) is 16.5 Å². The van der Waals surface area contributed by atoms with E-state index in [2.05, 4.69) is 5.32 Å². The average molecular weight is 253 g/mol. The highest BCUT2D eigenvalue weighted by atomic mass is 32.1. The summed E-state index contributed by atoms with van der Waals surface area (Å²) in [5.74, 6) is -1.22. The Morgan fingerprint density at radius 2 is 2.24 bits per heavy atom. The maximum atomic E-state index is 11.5. The molecule has 5 heteroatoms. The molecule has 92 valence electrons. The SMILES string of the molecule is CC(C)(CC(=O)O)NC(=O)C=Cc1cccs1. The molecule has 0 atom stereocenters. The van der Waals surface area contributed by atoms with Gasteiger partial charge in [-0.1, -0.05) is 6.07 Å². The lowest BCUT2D eigenvalue weighted by Gasteiger charge is -2.23. The number of rotatable bonds is 5. The van der Waals surface area contributed by atoms with Gasteiger partial charge in [-0.25, -0.2) is 0 Å². The molecule has 0 aliphatic heterocycles. The van der Waals surface area contributed by atoms with Gasteiger partial charge in [0.05, 0.1) is 6.42 Å². The molecule has 0 bridgehead atoms. The van der Waals surface area contributed by atoms with Crippen LogP contribution in [0.25, 0.3) is 6.08 Å². The van der Waals surface area contributed by atoms with Gasteiger partial charge in [0.1, 0.15) is 0 Å². The molecule has 1 heterocycles. The van der Waals surface area contributed by atoms with Crippen LogP contribution in [0.2, 0.25) is 0 Å². The molecular formula is C12H15NO3S. The summed E-state index contributed by atoms with van der Waals surface area (Å²) in [4.78, 5) is 23.1. The molecule has 0 radical (unpaired) electrons. The Morgan fingerprint density at radius 3 is 2.76 bits per heavy atom. The molecule has 4 nitrogen and oxygen atoms in total. The zero-order valence-electron chi connectivity index (χ0n) is 9.77. The molecule has 0 aliphatic rings. The van der Waals surface area contributed by atoms with Crippen LogP contribution < -0.4 is 5.32 Å². The standard InChI is InChI=1S/C12H15NO3S/c1-12(2,8-11(15)16)13-10(14)6-5-9-4-3-7-17-9/h3-7H,8H2,1-2H3,(H,13,14)(H,15,16). The molecule has 1 aromatic rings. The van der Waals surface area contributed by atoms with E-state index in [4.69, 9.17) is 5.11 Å². The highest BCUT2D eigenvalue weighted by Gasteiger charge is 2.22. The lowest BCUT2D eigenvalue weighted by Crippen LogP contribution is -2.44. The summed E-state index contributed by atoms with van der Waals surface area (Å²) in [5, 5.41) is 13.2. The van der Waals surface area contributed by atoms with Crippen LogP contribution in [-0.2, 0) is 9.59 Å². The third-order valence-electron chi connectivity index (χ3n) is 2.00. The number of nitrogens with one attached hydrogen (secondary N) is 1. The topological polar surface area (TPSA) is 66.4 Å². The van der Waals surface area contributed by atoms with Crippen LogP contribution >= 0.6 is 11.3 Å². The van der Waals surface area contributed by atoms with Gasteiger partial charge in [0.25, 0.3) is 0 Å². The van der Waals surface area contributed by atoms with Gasteiger partial charge in [-0.2, -0.15) is 0 Å². The minimum Gasteiger partial charge on any atom is -0.481 e. The van der Waals surface area contributed by atoms with E-state index in [-0.39, 0.29) is 12.3 Å². The van der Waals surface area contributed by atoms with Crippen molar-refractivity contribution in [1.82, 2.24) is 5.32 Å². The Kier molecular flexibility index (Phi) is 4.45. The van der Waals surface area contributed by atoms with Crippen molar-refractivity contribution in [2.24, 2.45) is 0 Å². The Labute approximate surface area is 104 Å². The van der Waals surface area contributed by atoms with E-state index in [9.17, 15) is 9.59 Å². The predicted molar refractivity (Wildman–Crippen MR) is 67.8 cm³/mol. The Morgan fingerprint density at radius 1 is 1.53 bits per heavy atom. The molecule has 0 saturated heterocycles. The van der Waals surface area contributed by atoms with Gasteiger partial charge in [-0.3, -0.25) is 9.59 Å². The minimum absolute atomic E-state index is 0.106. The molecule has 0 aromatic carbocycles. The van der Waals surface area contributed by atoms with Crippen molar-refractivity contribution in [2.45, 2.75) is 25.8 Å². The Bertz CT molecular complexity index is 421. The van der Waals surface area contributed by atoms with Gasteiger partial charge in [0.15, 0.2) is 0 Å². The largest absolute Gasteiger partial charge is 0.481 e. The molecule has 2 N–H and O–H groups in total. The first-order chi connectivity index (χ1) is 7.89. The average Bonchev–Trinajstić information content (AvgIpc) is 2.63. The number of carboxylic acids is 1.